The molecule has 1 unspecified atom stereocenters. The van der Waals surface area contributed by atoms with Gasteiger partial charge in [-0.2, -0.15) is 0 Å². The van der Waals surface area contributed by atoms with Crippen LogP contribution in [0, 0.1) is 0 Å². The zero-order valence-corrected chi connectivity index (χ0v) is 4.96. The Hall–Kier alpha value is -1.16. The molecule has 50 valence electrons. The van der Waals surface area contributed by atoms with Gasteiger partial charge in [0.1, 0.15) is 0 Å². The monoisotopic (exact) mass is 126 g/mol. The van der Waals surface area contributed by atoms with Crippen LogP contribution in [-0.4, -0.2) is 6.04 Å². The Morgan fingerprint density at radius 2 is 1.78 bits per heavy atom. The fourth-order valence-corrected chi connectivity index (χ4v) is 0.719. The smallest absolute Gasteiger partial charge is 0.0755 e. The van der Waals surface area contributed by atoms with Gasteiger partial charge in [-0.3, -0.25) is 0 Å². The molecule has 0 aromatic heterocycles. The zero-order chi connectivity index (χ0) is 7.02. The topological polar surface area (TPSA) is 104 Å². The maximum Gasteiger partial charge on any atom is 0.0755 e. The Kier molecular flexibility index (Phi) is 1.10. The fourth-order valence-electron chi connectivity index (χ4n) is 0.719. The fraction of sp³-hybridized carbons (Fsp3) is 0.200. The molecular weight excluding hydrogens is 116 g/mol. The lowest BCUT2D eigenvalue weighted by Crippen LogP contribution is -2.24. The van der Waals surface area contributed by atoms with Gasteiger partial charge in [-0.1, -0.05) is 0 Å². The third kappa shape index (κ3) is 0.728. The second-order valence-corrected chi connectivity index (χ2v) is 2.02. The predicted molar refractivity (Wildman–Crippen MR) is 35.6 cm³/mol. The van der Waals surface area contributed by atoms with Crippen molar-refractivity contribution in [2.45, 2.75) is 6.04 Å². The van der Waals surface area contributed by atoms with Crippen LogP contribution in [0.2, 0.25) is 0 Å². The first-order chi connectivity index (χ1) is 4.13. The van der Waals surface area contributed by atoms with E-state index in [1.165, 1.54) is 0 Å². The average molecular weight is 126 g/mol. The van der Waals surface area contributed by atoms with Gasteiger partial charge < -0.3 is 22.9 Å². The van der Waals surface area contributed by atoms with Gasteiger partial charge >= 0.3 is 0 Å². The lowest BCUT2D eigenvalue weighted by atomic mass is 10.3. The van der Waals surface area contributed by atoms with Gasteiger partial charge in [-0.25, -0.2) is 0 Å². The molecule has 0 bridgehead atoms. The highest BCUT2D eigenvalue weighted by molar-refractivity contribution is 5.41. The molecule has 0 heterocycles. The van der Waals surface area contributed by atoms with Crippen molar-refractivity contribution >= 4 is 0 Å². The van der Waals surface area contributed by atoms with E-state index in [-0.39, 0.29) is 6.04 Å². The van der Waals surface area contributed by atoms with Gasteiger partial charge in [0.05, 0.1) is 23.1 Å². The van der Waals surface area contributed by atoms with E-state index in [1.807, 2.05) is 0 Å². The summed E-state index contributed by atoms with van der Waals surface area (Å²) in [7, 11) is 0. The Bertz CT molecular complexity index is 191. The van der Waals surface area contributed by atoms with E-state index in [9.17, 15) is 0 Å². The Balaban J connectivity index is 2.97. The van der Waals surface area contributed by atoms with Gasteiger partial charge in [-0.15, -0.1) is 0 Å². The van der Waals surface area contributed by atoms with Gasteiger partial charge in [-0.05, 0) is 6.08 Å². The quantitative estimate of drug-likeness (QED) is 0.310. The zero-order valence-electron chi connectivity index (χ0n) is 4.96. The summed E-state index contributed by atoms with van der Waals surface area (Å²) >= 11 is 0. The van der Waals surface area contributed by atoms with Gasteiger partial charge in [0.25, 0.3) is 0 Å². The minimum absolute atomic E-state index is 0.287. The highest BCUT2D eigenvalue weighted by Gasteiger charge is 2.16. The molecule has 0 saturated heterocycles. The van der Waals surface area contributed by atoms with Crippen molar-refractivity contribution in [3.63, 3.8) is 0 Å². The first-order valence-corrected chi connectivity index (χ1v) is 2.61. The summed E-state index contributed by atoms with van der Waals surface area (Å²) < 4.78 is 0. The maximum absolute atomic E-state index is 5.44. The maximum atomic E-state index is 5.44. The summed E-state index contributed by atoms with van der Waals surface area (Å²) in [6.45, 7) is 0. The first-order valence-electron chi connectivity index (χ1n) is 2.61. The molecule has 1 aliphatic carbocycles. The first kappa shape index (κ1) is 5.97. The largest absolute Gasteiger partial charge is 0.399 e. The molecule has 0 spiro atoms. The normalized spacial score (nSPS) is 26.8. The molecule has 1 aliphatic rings. The van der Waals surface area contributed by atoms with Crippen LogP contribution in [0.25, 0.3) is 0 Å². The molecule has 4 heteroatoms. The Morgan fingerprint density at radius 3 is 1.89 bits per heavy atom. The summed E-state index contributed by atoms with van der Waals surface area (Å²) in [5.74, 6) is 0. The Labute approximate surface area is 53.2 Å². The van der Waals surface area contributed by atoms with Gasteiger partial charge in [0, 0.05) is 0 Å². The molecule has 0 saturated carbocycles. The molecule has 0 amide bonds. The van der Waals surface area contributed by atoms with Crippen LogP contribution in [0.15, 0.2) is 23.2 Å². The minimum Gasteiger partial charge on any atom is -0.399 e. The van der Waals surface area contributed by atoms with Crippen LogP contribution in [0.4, 0.5) is 0 Å². The van der Waals surface area contributed by atoms with Gasteiger partial charge in [0.2, 0.25) is 0 Å². The van der Waals surface area contributed by atoms with Crippen LogP contribution in [0.1, 0.15) is 0 Å². The molecule has 0 aromatic rings. The van der Waals surface area contributed by atoms with E-state index in [1.54, 1.807) is 6.08 Å². The van der Waals surface area contributed by atoms with E-state index in [4.69, 9.17) is 22.9 Å². The molecule has 4 nitrogen and oxygen atoms in total. The van der Waals surface area contributed by atoms with Crippen molar-refractivity contribution in [1.29, 1.82) is 0 Å². The lowest BCUT2D eigenvalue weighted by Gasteiger charge is -2.00. The number of rotatable bonds is 0. The molecule has 1 rings (SSSR count). The summed E-state index contributed by atoms with van der Waals surface area (Å²) in [5, 5.41) is 0. The van der Waals surface area contributed by atoms with E-state index in [0.717, 1.165) is 0 Å². The minimum atomic E-state index is -0.287. The van der Waals surface area contributed by atoms with Gasteiger partial charge in [0.15, 0.2) is 0 Å². The summed E-state index contributed by atoms with van der Waals surface area (Å²) in [6.07, 6.45) is 1.63. The van der Waals surface area contributed by atoms with Crippen LogP contribution in [0.3, 0.4) is 0 Å². The summed E-state index contributed by atoms with van der Waals surface area (Å²) in [5.41, 5.74) is 23.0. The third-order valence-electron chi connectivity index (χ3n) is 1.34. The van der Waals surface area contributed by atoms with Crippen LogP contribution < -0.4 is 22.9 Å². The van der Waals surface area contributed by atoms with Crippen molar-refractivity contribution in [3.05, 3.63) is 23.2 Å². The van der Waals surface area contributed by atoms with Crippen LogP contribution in [-0.2, 0) is 0 Å². The number of hydrogen-bond donors (Lipinski definition) is 4. The highest BCUT2D eigenvalue weighted by Crippen LogP contribution is 2.12. The van der Waals surface area contributed by atoms with Crippen molar-refractivity contribution in [1.82, 2.24) is 0 Å². The predicted octanol–water partition coefficient (Wildman–Crippen LogP) is -1.70. The van der Waals surface area contributed by atoms with E-state index < -0.39 is 0 Å². The second-order valence-electron chi connectivity index (χ2n) is 2.02. The highest BCUT2D eigenvalue weighted by atomic mass is 14.8. The molecule has 0 fully saturated rings. The molecule has 1 atom stereocenters. The lowest BCUT2D eigenvalue weighted by molar-refractivity contribution is 0.940. The summed E-state index contributed by atoms with van der Waals surface area (Å²) in [4.78, 5) is 0. The van der Waals surface area contributed by atoms with Crippen molar-refractivity contribution in [3.8, 4) is 0 Å². The molecule has 9 heavy (non-hydrogen) atoms. The van der Waals surface area contributed by atoms with Crippen molar-refractivity contribution in [2.75, 3.05) is 0 Å². The second kappa shape index (κ2) is 1.66. The average Bonchev–Trinajstić information content (AvgIpc) is 1.98. The molecule has 0 aromatic carbocycles. The van der Waals surface area contributed by atoms with Crippen LogP contribution >= 0.6 is 0 Å². The molecular formula is C5H10N4. The standard InChI is InChI=1S/C5H10N4/c6-2-1-3(7)5(9)4(2)8/h1-2H,6-9H2. The number of hydrogen-bond acceptors (Lipinski definition) is 4. The van der Waals surface area contributed by atoms with E-state index >= 15 is 0 Å². The SMILES string of the molecule is NC1=CC(N)C(N)=C1N. The van der Waals surface area contributed by atoms with E-state index in [0.29, 0.717) is 17.1 Å². The Morgan fingerprint density at radius 1 is 1.22 bits per heavy atom. The number of nitrogens with two attached hydrogens (primary N) is 4. The van der Waals surface area contributed by atoms with E-state index in [2.05, 4.69) is 0 Å². The molecule has 0 radical (unpaired) electrons. The van der Waals surface area contributed by atoms with Crippen molar-refractivity contribution < 1.29 is 0 Å². The summed E-state index contributed by atoms with van der Waals surface area (Å²) in [6, 6.07) is -0.287. The molecule has 8 N–H and O–H groups in total. The van der Waals surface area contributed by atoms with Crippen molar-refractivity contribution in [2.24, 2.45) is 22.9 Å². The van der Waals surface area contributed by atoms with Crippen LogP contribution in [0.5, 0.6) is 0 Å². The third-order valence-corrected chi connectivity index (χ3v) is 1.34. The molecule has 0 aliphatic heterocycles.